The summed E-state index contributed by atoms with van der Waals surface area (Å²) in [6.07, 6.45) is -1.77. The van der Waals surface area contributed by atoms with Gasteiger partial charge in [-0.1, -0.05) is 6.08 Å². The van der Waals surface area contributed by atoms with Crippen molar-refractivity contribution in [3.8, 4) is 0 Å². The van der Waals surface area contributed by atoms with Gasteiger partial charge in [0.2, 0.25) is 11.7 Å². The maximum atomic E-state index is 14.0. The molecule has 0 unspecified atom stereocenters. The van der Waals surface area contributed by atoms with Crippen LogP contribution in [0.1, 0.15) is 56.7 Å². The lowest BCUT2D eigenvalue weighted by Crippen LogP contribution is -2.51. The number of nitrogens with zero attached hydrogens (tertiary/aromatic N) is 6. The van der Waals surface area contributed by atoms with Gasteiger partial charge in [0.1, 0.15) is 17.3 Å². The average Bonchev–Trinajstić information content (AvgIpc) is 3.63. The van der Waals surface area contributed by atoms with E-state index in [1.165, 1.54) is 16.6 Å². The zero-order valence-electron chi connectivity index (χ0n) is 25.2. The fraction of sp³-hybridized carbons (Fsp3) is 0.500. The van der Waals surface area contributed by atoms with Crippen molar-refractivity contribution in [2.75, 3.05) is 49.6 Å². The third-order valence-corrected chi connectivity index (χ3v) is 8.01. The lowest BCUT2D eigenvalue weighted by atomic mass is 10.1. The lowest BCUT2D eigenvalue weighted by molar-refractivity contribution is -0.137. The number of ether oxygens (including phenoxy) is 2. The van der Waals surface area contributed by atoms with Crippen molar-refractivity contribution < 1.29 is 32.2 Å². The molecular weight excluding hydrogens is 595 g/mol. The van der Waals surface area contributed by atoms with Crippen LogP contribution in [0.25, 0.3) is 11.4 Å². The first-order valence-electron chi connectivity index (χ1n) is 14.8. The van der Waals surface area contributed by atoms with Crippen LogP contribution < -0.4 is 15.8 Å². The van der Waals surface area contributed by atoms with E-state index < -0.39 is 35.4 Å². The van der Waals surface area contributed by atoms with Gasteiger partial charge in [-0.2, -0.15) is 22.7 Å². The summed E-state index contributed by atoms with van der Waals surface area (Å²) in [5.74, 6) is 0.124. The number of fused-ring (bicyclic) bond motifs is 3. The highest BCUT2D eigenvalue weighted by atomic mass is 19.4. The van der Waals surface area contributed by atoms with E-state index in [9.17, 15) is 27.6 Å². The smallest absolute Gasteiger partial charge is 0.416 e. The number of carbonyl (C=O) groups excluding carboxylic acids is 2. The summed E-state index contributed by atoms with van der Waals surface area (Å²) >= 11 is 0. The van der Waals surface area contributed by atoms with Gasteiger partial charge in [-0.25, -0.2) is 4.79 Å². The van der Waals surface area contributed by atoms with Crippen molar-refractivity contribution in [3.63, 3.8) is 0 Å². The molecule has 3 aliphatic heterocycles. The molecule has 1 N–H and O–H groups in total. The van der Waals surface area contributed by atoms with Crippen LogP contribution in [-0.4, -0.2) is 81.1 Å². The molecule has 0 radical (unpaired) electrons. The van der Waals surface area contributed by atoms with Crippen LogP contribution in [-0.2, 0) is 26.9 Å². The molecule has 1 atom stereocenters. The van der Waals surface area contributed by atoms with Gasteiger partial charge in [-0.05, 0) is 69.9 Å². The molecule has 0 spiro atoms. The Bertz CT molecular complexity index is 1710. The van der Waals surface area contributed by atoms with E-state index in [0.717, 1.165) is 17.7 Å². The number of rotatable bonds is 4. The van der Waals surface area contributed by atoms with E-state index in [-0.39, 0.29) is 17.0 Å². The minimum absolute atomic E-state index is 0.207. The Morgan fingerprint density at radius 2 is 1.76 bits per heavy atom. The number of anilines is 2. The van der Waals surface area contributed by atoms with Gasteiger partial charge >= 0.3 is 12.3 Å². The molecule has 2 amide bonds. The first kappa shape index (κ1) is 30.6. The van der Waals surface area contributed by atoms with Gasteiger partial charge in [0, 0.05) is 31.9 Å². The van der Waals surface area contributed by atoms with E-state index >= 15 is 0 Å². The van der Waals surface area contributed by atoms with Gasteiger partial charge in [0.15, 0.2) is 5.82 Å². The van der Waals surface area contributed by atoms with Crippen molar-refractivity contribution in [3.05, 3.63) is 57.8 Å². The molecular formula is C30H34F3N7O5. The zero-order valence-corrected chi connectivity index (χ0v) is 25.2. The maximum Gasteiger partial charge on any atom is 0.416 e. The van der Waals surface area contributed by atoms with Crippen LogP contribution in [0.15, 0.2) is 35.1 Å². The fourth-order valence-electron chi connectivity index (χ4n) is 5.86. The number of piperazine rings is 1. The van der Waals surface area contributed by atoms with Gasteiger partial charge in [0.25, 0.3) is 5.56 Å². The average molecular weight is 630 g/mol. The normalized spacial score (nSPS) is 19.0. The van der Waals surface area contributed by atoms with Crippen LogP contribution in [0.5, 0.6) is 0 Å². The van der Waals surface area contributed by atoms with Crippen LogP contribution in [0.4, 0.5) is 29.3 Å². The molecule has 3 aliphatic rings. The minimum atomic E-state index is -4.50. The molecule has 1 saturated heterocycles. The summed E-state index contributed by atoms with van der Waals surface area (Å²) in [5, 5.41) is 7.29. The summed E-state index contributed by atoms with van der Waals surface area (Å²) < 4.78 is 53.0. The highest BCUT2D eigenvalue weighted by Gasteiger charge is 2.37. The predicted molar refractivity (Wildman–Crippen MR) is 158 cm³/mol. The second-order valence-electron chi connectivity index (χ2n) is 12.2. The number of benzene rings is 1. The quantitative estimate of drug-likeness (QED) is 0.461. The summed E-state index contributed by atoms with van der Waals surface area (Å²) in [5.41, 5.74) is 0.207. The number of hydrogen-bond donors (Lipinski definition) is 1. The molecule has 0 saturated carbocycles. The van der Waals surface area contributed by atoms with Crippen molar-refractivity contribution in [2.45, 2.75) is 57.9 Å². The van der Waals surface area contributed by atoms with Gasteiger partial charge in [0.05, 0.1) is 24.5 Å². The van der Waals surface area contributed by atoms with Crippen LogP contribution in [0.2, 0.25) is 0 Å². The largest absolute Gasteiger partial charge is 0.444 e. The molecule has 45 heavy (non-hydrogen) atoms. The number of halogens is 3. The molecule has 12 nitrogen and oxygen atoms in total. The first-order valence-corrected chi connectivity index (χ1v) is 14.8. The molecule has 240 valence electrons. The van der Waals surface area contributed by atoms with Gasteiger partial charge in [-0.3, -0.25) is 14.2 Å². The number of nitrogens with one attached hydrogen (secondary N) is 1. The third-order valence-electron chi connectivity index (χ3n) is 8.01. The number of alkyl halides is 3. The molecule has 6 rings (SSSR count). The zero-order chi connectivity index (χ0) is 32.1. The second-order valence-corrected chi connectivity index (χ2v) is 12.2. The number of aromatic nitrogens is 4. The Kier molecular flexibility index (Phi) is 7.83. The van der Waals surface area contributed by atoms with Crippen molar-refractivity contribution in [1.29, 1.82) is 0 Å². The number of carbonyl (C=O) groups is 2. The minimum Gasteiger partial charge on any atom is -0.444 e. The second kappa shape index (κ2) is 11.5. The summed E-state index contributed by atoms with van der Waals surface area (Å²) in [7, 11) is 0. The van der Waals surface area contributed by atoms with Crippen LogP contribution in [0, 0.1) is 0 Å². The summed E-state index contributed by atoms with van der Waals surface area (Å²) in [6, 6.07) is 3.44. The fourth-order valence-corrected chi connectivity index (χ4v) is 5.86. The Balaban J connectivity index is 1.35. The third kappa shape index (κ3) is 6.13. The van der Waals surface area contributed by atoms with Crippen molar-refractivity contribution in [1.82, 2.24) is 24.1 Å². The highest BCUT2D eigenvalue weighted by Crippen LogP contribution is 2.35. The predicted octanol–water partition coefficient (Wildman–Crippen LogP) is 3.90. The Hall–Kier alpha value is -4.40. The topological polar surface area (TPSA) is 123 Å². The SMILES string of the molecule is CC(C)(C)OC(=O)N1CCN(c2c3n(c4nc(C5=CCOCC5)nn4c2=O)[C@H](C(=O)Nc2ccc(C(F)(F)F)cc2)CC3)CC1. The molecule has 1 fully saturated rings. The Morgan fingerprint density at radius 3 is 2.38 bits per heavy atom. The lowest BCUT2D eigenvalue weighted by Gasteiger charge is -2.37. The van der Waals surface area contributed by atoms with Gasteiger partial charge < -0.3 is 24.6 Å². The van der Waals surface area contributed by atoms with Crippen LogP contribution in [0.3, 0.4) is 0 Å². The molecule has 0 aliphatic carbocycles. The van der Waals surface area contributed by atoms with Crippen molar-refractivity contribution >= 4 is 34.7 Å². The van der Waals surface area contributed by atoms with E-state index in [4.69, 9.17) is 14.5 Å². The van der Waals surface area contributed by atoms with E-state index in [1.807, 2.05) is 11.0 Å². The molecule has 1 aromatic carbocycles. The number of hydrogen-bond acceptors (Lipinski definition) is 8. The Morgan fingerprint density at radius 1 is 1.04 bits per heavy atom. The van der Waals surface area contributed by atoms with Crippen molar-refractivity contribution in [2.24, 2.45) is 0 Å². The first-order chi connectivity index (χ1) is 21.3. The van der Waals surface area contributed by atoms with E-state index in [2.05, 4.69) is 10.4 Å². The monoisotopic (exact) mass is 629 g/mol. The maximum absolute atomic E-state index is 14.0. The highest BCUT2D eigenvalue weighted by molar-refractivity contribution is 5.94. The molecule has 3 aromatic rings. The standard InChI is InChI=1S/C30H34F3N7O5/c1-29(2,3)45-28(43)38-14-12-37(13-15-38)23-21-8-9-22(25(41)34-20-6-4-19(5-7-20)30(31,32)33)39(21)27-35-24(36-40(27)26(23)42)18-10-16-44-17-11-18/h4-7,10,22H,8-9,11-17H2,1-3H3,(H,34,41)/t22-/m0/s1. The van der Waals surface area contributed by atoms with E-state index in [1.54, 1.807) is 30.2 Å². The number of amides is 2. The Labute approximate surface area is 256 Å². The molecule has 0 bridgehead atoms. The van der Waals surface area contributed by atoms with Crippen LogP contribution >= 0.6 is 0 Å². The van der Waals surface area contributed by atoms with E-state index in [0.29, 0.717) is 75.9 Å². The molecule has 2 aromatic heterocycles. The van der Waals surface area contributed by atoms with Gasteiger partial charge in [-0.15, -0.1) is 5.10 Å². The summed E-state index contributed by atoms with van der Waals surface area (Å²) in [4.78, 5) is 48.5. The summed E-state index contributed by atoms with van der Waals surface area (Å²) in [6.45, 7) is 7.67. The molecule has 5 heterocycles. The molecule has 15 heteroatoms.